The molecule has 1 amide bonds. The van der Waals surface area contributed by atoms with Crippen LogP contribution < -0.4 is 4.90 Å². The Morgan fingerprint density at radius 2 is 1.95 bits per heavy atom. The number of rotatable bonds is 4. The third-order valence-electron chi connectivity index (χ3n) is 4.11. The normalized spacial score (nSPS) is 20.1. The Morgan fingerprint density at radius 3 is 2.64 bits per heavy atom. The van der Waals surface area contributed by atoms with E-state index in [1.54, 1.807) is 11.0 Å². The molecule has 3 rings (SSSR count). The van der Waals surface area contributed by atoms with Crippen molar-refractivity contribution < 1.29 is 9.90 Å². The van der Waals surface area contributed by atoms with Gasteiger partial charge in [0, 0.05) is 12.0 Å². The molecule has 1 aliphatic rings. The fourth-order valence-corrected chi connectivity index (χ4v) is 2.99. The first kappa shape index (κ1) is 14.5. The van der Waals surface area contributed by atoms with E-state index in [1.807, 2.05) is 55.5 Å². The van der Waals surface area contributed by atoms with Crippen LogP contribution in [0.1, 0.15) is 23.1 Å². The fraction of sp³-hybridized carbons (Fsp3) is 0.211. The van der Waals surface area contributed by atoms with Gasteiger partial charge in [-0.3, -0.25) is 4.79 Å². The van der Waals surface area contributed by atoms with Crippen molar-refractivity contribution in [1.29, 1.82) is 0 Å². The van der Waals surface area contributed by atoms with Crippen molar-refractivity contribution >= 4 is 11.6 Å². The summed E-state index contributed by atoms with van der Waals surface area (Å²) < 4.78 is 0. The van der Waals surface area contributed by atoms with Gasteiger partial charge in [-0.15, -0.1) is 6.58 Å². The van der Waals surface area contributed by atoms with Crippen molar-refractivity contribution in [2.24, 2.45) is 0 Å². The Kier molecular flexibility index (Phi) is 3.59. The van der Waals surface area contributed by atoms with E-state index in [9.17, 15) is 9.90 Å². The second-order valence-corrected chi connectivity index (χ2v) is 5.75. The lowest BCUT2D eigenvalue weighted by Crippen LogP contribution is -2.39. The number of benzene rings is 2. The van der Waals surface area contributed by atoms with Crippen LogP contribution in [0.2, 0.25) is 0 Å². The Bertz CT molecular complexity index is 723. The summed E-state index contributed by atoms with van der Waals surface area (Å²) >= 11 is 0. The predicted molar refractivity (Wildman–Crippen MR) is 87.5 cm³/mol. The van der Waals surface area contributed by atoms with Gasteiger partial charge in [0.2, 0.25) is 0 Å². The summed E-state index contributed by atoms with van der Waals surface area (Å²) in [5.74, 6) is -0.281. The third-order valence-corrected chi connectivity index (χ3v) is 4.11. The summed E-state index contributed by atoms with van der Waals surface area (Å²) in [7, 11) is 0. The first-order chi connectivity index (χ1) is 10.6. The molecule has 2 aromatic rings. The molecule has 0 radical (unpaired) electrons. The van der Waals surface area contributed by atoms with Crippen molar-refractivity contribution in [2.75, 3.05) is 4.90 Å². The minimum absolute atomic E-state index is 0.216. The highest BCUT2D eigenvalue weighted by Crippen LogP contribution is 2.43. The van der Waals surface area contributed by atoms with Crippen molar-refractivity contribution in [3.8, 4) is 0 Å². The van der Waals surface area contributed by atoms with Gasteiger partial charge in [-0.2, -0.15) is 0 Å². The SMILES string of the molecule is C=CC[C@@]1(O)C(=O)N(Cc2ccccc2)c2ccc(C)cc21. The minimum Gasteiger partial charge on any atom is -0.375 e. The number of anilines is 1. The number of amides is 1. The van der Waals surface area contributed by atoms with Crippen LogP contribution in [0.5, 0.6) is 0 Å². The van der Waals surface area contributed by atoms with Crippen LogP contribution in [0.3, 0.4) is 0 Å². The van der Waals surface area contributed by atoms with Gasteiger partial charge in [0.05, 0.1) is 12.2 Å². The molecule has 3 heteroatoms. The molecular formula is C19H19NO2. The van der Waals surface area contributed by atoms with E-state index in [0.29, 0.717) is 12.1 Å². The van der Waals surface area contributed by atoms with Crippen LogP contribution in [0.25, 0.3) is 0 Å². The first-order valence-corrected chi connectivity index (χ1v) is 7.36. The topological polar surface area (TPSA) is 40.5 Å². The van der Waals surface area contributed by atoms with E-state index < -0.39 is 5.60 Å². The molecule has 1 aliphatic heterocycles. The molecule has 1 heterocycles. The summed E-state index contributed by atoms with van der Waals surface area (Å²) in [5, 5.41) is 10.9. The summed E-state index contributed by atoms with van der Waals surface area (Å²) in [4.78, 5) is 14.5. The summed E-state index contributed by atoms with van der Waals surface area (Å²) in [6.07, 6.45) is 1.81. The molecule has 0 spiro atoms. The standard InChI is InChI=1S/C19H19NO2/c1-3-11-19(22)16-12-14(2)9-10-17(16)20(18(19)21)13-15-7-5-4-6-8-15/h3-10,12,22H,1,11,13H2,2H3/t19-/m0/s1. The molecule has 1 atom stereocenters. The average Bonchev–Trinajstić information content (AvgIpc) is 2.71. The molecule has 112 valence electrons. The summed E-state index contributed by atoms with van der Waals surface area (Å²) in [6, 6.07) is 15.6. The lowest BCUT2D eigenvalue weighted by molar-refractivity contribution is -0.135. The zero-order valence-electron chi connectivity index (χ0n) is 12.6. The Labute approximate surface area is 130 Å². The van der Waals surface area contributed by atoms with Crippen LogP contribution in [0.15, 0.2) is 61.2 Å². The lowest BCUT2D eigenvalue weighted by Gasteiger charge is -2.22. The molecule has 0 aromatic heterocycles. The minimum atomic E-state index is -1.50. The van der Waals surface area contributed by atoms with Gasteiger partial charge in [0.25, 0.3) is 5.91 Å². The first-order valence-electron chi connectivity index (χ1n) is 7.36. The highest BCUT2D eigenvalue weighted by Gasteiger charge is 2.48. The van der Waals surface area contributed by atoms with E-state index >= 15 is 0 Å². The second kappa shape index (κ2) is 5.43. The van der Waals surface area contributed by atoms with Gasteiger partial charge in [-0.1, -0.05) is 54.1 Å². The van der Waals surface area contributed by atoms with Crippen LogP contribution in [0, 0.1) is 6.92 Å². The molecule has 22 heavy (non-hydrogen) atoms. The van der Waals surface area contributed by atoms with Gasteiger partial charge >= 0.3 is 0 Å². The van der Waals surface area contributed by atoms with E-state index in [-0.39, 0.29) is 12.3 Å². The van der Waals surface area contributed by atoms with Crippen molar-refractivity contribution in [1.82, 2.24) is 0 Å². The Hall–Kier alpha value is -2.39. The maximum atomic E-state index is 12.8. The molecule has 0 fully saturated rings. The lowest BCUT2D eigenvalue weighted by atomic mass is 9.91. The highest BCUT2D eigenvalue weighted by atomic mass is 16.3. The van der Waals surface area contributed by atoms with Gasteiger partial charge in [0.1, 0.15) is 0 Å². The van der Waals surface area contributed by atoms with E-state index in [0.717, 1.165) is 16.8 Å². The molecular weight excluding hydrogens is 274 g/mol. The van der Waals surface area contributed by atoms with Crippen molar-refractivity contribution in [3.63, 3.8) is 0 Å². The van der Waals surface area contributed by atoms with Crippen molar-refractivity contribution in [3.05, 3.63) is 77.9 Å². The monoisotopic (exact) mass is 293 g/mol. The molecule has 3 nitrogen and oxygen atoms in total. The number of fused-ring (bicyclic) bond motifs is 1. The largest absolute Gasteiger partial charge is 0.375 e. The third kappa shape index (κ3) is 2.24. The number of aliphatic hydroxyl groups is 1. The smallest absolute Gasteiger partial charge is 0.264 e. The summed E-state index contributed by atoms with van der Waals surface area (Å²) in [6.45, 7) is 6.09. The van der Waals surface area contributed by atoms with Gasteiger partial charge in [-0.25, -0.2) is 0 Å². The van der Waals surface area contributed by atoms with Crippen LogP contribution in [-0.4, -0.2) is 11.0 Å². The van der Waals surface area contributed by atoms with Crippen molar-refractivity contribution in [2.45, 2.75) is 25.5 Å². The molecule has 0 aliphatic carbocycles. The van der Waals surface area contributed by atoms with Crippen LogP contribution in [-0.2, 0) is 16.9 Å². The zero-order valence-corrected chi connectivity index (χ0v) is 12.6. The fourth-order valence-electron chi connectivity index (χ4n) is 2.99. The van der Waals surface area contributed by atoms with Crippen LogP contribution in [0.4, 0.5) is 5.69 Å². The number of nitrogens with zero attached hydrogens (tertiary/aromatic N) is 1. The van der Waals surface area contributed by atoms with E-state index in [2.05, 4.69) is 6.58 Å². The second-order valence-electron chi connectivity index (χ2n) is 5.75. The highest BCUT2D eigenvalue weighted by molar-refractivity contribution is 6.07. The van der Waals surface area contributed by atoms with Gasteiger partial charge < -0.3 is 10.0 Å². The maximum Gasteiger partial charge on any atom is 0.264 e. The number of carbonyl (C=O) groups is 1. The van der Waals surface area contributed by atoms with E-state index in [4.69, 9.17) is 0 Å². The zero-order chi connectivity index (χ0) is 15.7. The Morgan fingerprint density at radius 1 is 1.23 bits per heavy atom. The molecule has 0 saturated heterocycles. The predicted octanol–water partition coefficient (Wildman–Crippen LogP) is 3.31. The van der Waals surface area contributed by atoms with Gasteiger partial charge in [-0.05, 0) is 18.6 Å². The number of aryl methyl sites for hydroxylation is 1. The number of hydrogen-bond donors (Lipinski definition) is 1. The molecule has 1 N–H and O–H groups in total. The van der Waals surface area contributed by atoms with E-state index in [1.165, 1.54) is 0 Å². The maximum absolute atomic E-state index is 12.8. The van der Waals surface area contributed by atoms with Crippen LogP contribution >= 0.6 is 0 Å². The molecule has 0 saturated carbocycles. The number of carbonyl (C=O) groups excluding carboxylic acids is 1. The summed E-state index contributed by atoms with van der Waals surface area (Å²) in [5.41, 5.74) is 2.01. The van der Waals surface area contributed by atoms with Gasteiger partial charge in [0.15, 0.2) is 5.60 Å². The average molecular weight is 293 g/mol. The quantitative estimate of drug-likeness (QED) is 0.879. The number of hydrogen-bond acceptors (Lipinski definition) is 2. The molecule has 2 aromatic carbocycles. The molecule has 0 unspecified atom stereocenters. The Balaban J connectivity index is 2.06. The molecule has 0 bridgehead atoms.